The van der Waals surface area contributed by atoms with Crippen LogP contribution >= 0.6 is 0 Å². The molecule has 0 aromatic rings. The first-order valence-electron chi connectivity index (χ1n) is 6.76. The van der Waals surface area contributed by atoms with E-state index in [4.69, 9.17) is 5.11 Å². The van der Waals surface area contributed by atoms with Crippen LogP contribution in [-0.4, -0.2) is 29.7 Å². The third kappa shape index (κ3) is 6.47. The zero-order chi connectivity index (χ0) is 13.5. The van der Waals surface area contributed by atoms with E-state index in [1.54, 1.807) is 0 Å². The predicted octanol–water partition coefficient (Wildman–Crippen LogP) is 1.98. The van der Waals surface area contributed by atoms with Crippen molar-refractivity contribution in [3.63, 3.8) is 0 Å². The summed E-state index contributed by atoms with van der Waals surface area (Å²) < 4.78 is 0. The van der Waals surface area contributed by atoms with Crippen LogP contribution < -0.4 is 10.6 Å². The number of aliphatic carboxylic acids is 1. The first-order valence-corrected chi connectivity index (χ1v) is 6.76. The molecule has 0 aliphatic heterocycles. The molecule has 18 heavy (non-hydrogen) atoms. The summed E-state index contributed by atoms with van der Waals surface area (Å²) in [6.45, 7) is 4.49. The summed E-state index contributed by atoms with van der Waals surface area (Å²) in [5.41, 5.74) is 0. The highest BCUT2D eigenvalue weighted by Crippen LogP contribution is 2.33. The highest BCUT2D eigenvalue weighted by atomic mass is 16.4. The van der Waals surface area contributed by atoms with Crippen molar-refractivity contribution in [2.45, 2.75) is 52.0 Å². The van der Waals surface area contributed by atoms with E-state index in [2.05, 4.69) is 10.6 Å². The molecule has 0 saturated heterocycles. The number of hydrogen-bond donors (Lipinski definition) is 3. The molecule has 0 aromatic heterocycles. The Morgan fingerprint density at radius 3 is 2.50 bits per heavy atom. The van der Waals surface area contributed by atoms with E-state index in [0.717, 1.165) is 18.8 Å². The molecule has 1 unspecified atom stereocenters. The van der Waals surface area contributed by atoms with Gasteiger partial charge in [0.05, 0.1) is 0 Å². The second kappa shape index (κ2) is 7.24. The minimum atomic E-state index is -0.975. The van der Waals surface area contributed by atoms with Crippen molar-refractivity contribution in [3.8, 4) is 0 Å². The van der Waals surface area contributed by atoms with E-state index in [1.165, 1.54) is 12.8 Å². The Bertz CT molecular complexity index is 288. The van der Waals surface area contributed by atoms with Crippen LogP contribution in [0.15, 0.2) is 0 Å². The summed E-state index contributed by atoms with van der Waals surface area (Å²) in [6.07, 6.45) is 5.23. The molecule has 0 aromatic carbocycles. The Morgan fingerprint density at radius 2 is 2.00 bits per heavy atom. The molecule has 5 nitrogen and oxygen atoms in total. The van der Waals surface area contributed by atoms with Crippen molar-refractivity contribution in [2.24, 2.45) is 11.8 Å². The minimum Gasteiger partial charge on any atom is -0.480 e. The number of carboxylic acids is 1. The second-order valence-corrected chi connectivity index (χ2v) is 5.51. The van der Waals surface area contributed by atoms with Gasteiger partial charge in [-0.25, -0.2) is 9.59 Å². The van der Waals surface area contributed by atoms with Crippen LogP contribution in [0.5, 0.6) is 0 Å². The number of rotatable bonds is 8. The predicted molar refractivity (Wildman–Crippen MR) is 69.4 cm³/mol. The number of urea groups is 1. The SMILES string of the molecule is CC(C)CC(NC(=O)NCCCC1CC1)C(=O)O. The fraction of sp³-hybridized carbons (Fsp3) is 0.846. The number of nitrogens with one attached hydrogen (secondary N) is 2. The molecule has 1 aliphatic carbocycles. The average Bonchev–Trinajstić information content (AvgIpc) is 3.06. The van der Waals surface area contributed by atoms with Crippen molar-refractivity contribution in [1.29, 1.82) is 0 Å². The fourth-order valence-electron chi connectivity index (χ4n) is 1.90. The maximum Gasteiger partial charge on any atom is 0.326 e. The molecule has 104 valence electrons. The average molecular weight is 256 g/mol. The van der Waals surface area contributed by atoms with Crippen LogP contribution in [-0.2, 0) is 4.79 Å². The van der Waals surface area contributed by atoms with Gasteiger partial charge in [0.25, 0.3) is 0 Å². The van der Waals surface area contributed by atoms with Crippen LogP contribution in [0.3, 0.4) is 0 Å². The van der Waals surface area contributed by atoms with E-state index < -0.39 is 12.0 Å². The monoisotopic (exact) mass is 256 g/mol. The van der Waals surface area contributed by atoms with Crippen LogP contribution in [0.1, 0.15) is 46.0 Å². The lowest BCUT2D eigenvalue weighted by Crippen LogP contribution is -2.46. The number of amides is 2. The number of carbonyl (C=O) groups is 2. The van der Waals surface area contributed by atoms with Gasteiger partial charge in [-0.15, -0.1) is 0 Å². The first kappa shape index (κ1) is 14.8. The summed E-state index contributed by atoms with van der Waals surface area (Å²) in [6, 6.07) is -1.17. The zero-order valence-corrected chi connectivity index (χ0v) is 11.2. The van der Waals surface area contributed by atoms with Gasteiger partial charge in [0.15, 0.2) is 0 Å². The normalized spacial score (nSPS) is 16.4. The standard InChI is InChI=1S/C13H24N2O3/c1-9(2)8-11(12(16)17)15-13(18)14-7-3-4-10-5-6-10/h9-11H,3-8H2,1-2H3,(H,16,17)(H2,14,15,18). The Balaban J connectivity index is 2.15. The van der Waals surface area contributed by atoms with Crippen molar-refractivity contribution < 1.29 is 14.7 Å². The van der Waals surface area contributed by atoms with Crippen LogP contribution in [0, 0.1) is 11.8 Å². The highest BCUT2D eigenvalue weighted by molar-refractivity contribution is 5.82. The molecule has 1 saturated carbocycles. The minimum absolute atomic E-state index is 0.237. The molecule has 5 heteroatoms. The number of carboxylic acid groups (broad SMARTS) is 1. The van der Waals surface area contributed by atoms with Gasteiger partial charge in [0.1, 0.15) is 6.04 Å². The molecule has 1 fully saturated rings. The first-order chi connectivity index (χ1) is 8.49. The summed E-state index contributed by atoms with van der Waals surface area (Å²) in [5, 5.41) is 14.2. The molecule has 3 N–H and O–H groups in total. The summed E-state index contributed by atoms with van der Waals surface area (Å²) in [5.74, 6) is 0.126. The maximum absolute atomic E-state index is 11.5. The van der Waals surface area contributed by atoms with Gasteiger partial charge < -0.3 is 15.7 Å². The zero-order valence-electron chi connectivity index (χ0n) is 11.2. The Kier molecular flexibility index (Phi) is 5.95. The second-order valence-electron chi connectivity index (χ2n) is 5.51. The highest BCUT2D eigenvalue weighted by Gasteiger charge is 2.22. The molecule has 1 rings (SSSR count). The summed E-state index contributed by atoms with van der Waals surface area (Å²) in [4.78, 5) is 22.5. The maximum atomic E-state index is 11.5. The van der Waals surface area contributed by atoms with Gasteiger partial charge in [-0.2, -0.15) is 0 Å². The smallest absolute Gasteiger partial charge is 0.326 e. The Morgan fingerprint density at radius 1 is 1.33 bits per heavy atom. The Hall–Kier alpha value is -1.26. The van der Waals surface area contributed by atoms with Crippen molar-refractivity contribution in [1.82, 2.24) is 10.6 Å². The molecule has 0 bridgehead atoms. The van der Waals surface area contributed by atoms with Crippen LogP contribution in [0.4, 0.5) is 4.79 Å². The quantitative estimate of drug-likeness (QED) is 0.581. The fourth-order valence-corrected chi connectivity index (χ4v) is 1.90. The number of hydrogen-bond acceptors (Lipinski definition) is 2. The lowest BCUT2D eigenvalue weighted by Gasteiger charge is -2.16. The van der Waals surface area contributed by atoms with Gasteiger partial charge in [-0.05, 0) is 31.1 Å². The van der Waals surface area contributed by atoms with Gasteiger partial charge in [-0.3, -0.25) is 0 Å². The largest absolute Gasteiger partial charge is 0.480 e. The van der Waals surface area contributed by atoms with Crippen molar-refractivity contribution in [3.05, 3.63) is 0 Å². The molecule has 1 atom stereocenters. The molecular weight excluding hydrogens is 232 g/mol. The van der Waals surface area contributed by atoms with Crippen molar-refractivity contribution >= 4 is 12.0 Å². The summed E-state index contributed by atoms with van der Waals surface area (Å²) in [7, 11) is 0. The molecule has 0 heterocycles. The van der Waals surface area contributed by atoms with E-state index in [-0.39, 0.29) is 11.9 Å². The van der Waals surface area contributed by atoms with Gasteiger partial charge >= 0.3 is 12.0 Å². The van der Waals surface area contributed by atoms with Gasteiger partial charge in [0.2, 0.25) is 0 Å². The van der Waals surface area contributed by atoms with E-state index >= 15 is 0 Å². The third-order valence-electron chi connectivity index (χ3n) is 3.08. The lowest BCUT2D eigenvalue weighted by molar-refractivity contribution is -0.139. The molecule has 1 aliphatic rings. The van der Waals surface area contributed by atoms with Crippen LogP contribution in [0.25, 0.3) is 0 Å². The number of carbonyl (C=O) groups excluding carboxylic acids is 1. The molecule has 0 radical (unpaired) electrons. The molecular formula is C13H24N2O3. The van der Waals surface area contributed by atoms with Crippen LogP contribution in [0.2, 0.25) is 0 Å². The Labute approximate surface area is 108 Å². The molecule has 0 spiro atoms. The van der Waals surface area contributed by atoms with E-state index in [9.17, 15) is 9.59 Å². The lowest BCUT2D eigenvalue weighted by atomic mass is 10.0. The van der Waals surface area contributed by atoms with Crippen molar-refractivity contribution in [2.75, 3.05) is 6.54 Å². The summed E-state index contributed by atoms with van der Waals surface area (Å²) >= 11 is 0. The van der Waals surface area contributed by atoms with E-state index in [0.29, 0.717) is 13.0 Å². The molecule has 2 amide bonds. The topological polar surface area (TPSA) is 78.4 Å². The van der Waals surface area contributed by atoms with E-state index in [1.807, 2.05) is 13.8 Å². The van der Waals surface area contributed by atoms with Gasteiger partial charge in [0, 0.05) is 6.54 Å². The third-order valence-corrected chi connectivity index (χ3v) is 3.08. The van der Waals surface area contributed by atoms with Gasteiger partial charge in [-0.1, -0.05) is 26.7 Å².